The molecule has 0 bridgehead atoms. The average Bonchev–Trinajstić information content (AvgIpc) is 1.99. The second-order valence-corrected chi connectivity index (χ2v) is 2.67. The summed E-state index contributed by atoms with van der Waals surface area (Å²) in [6, 6.07) is 9.26. The van der Waals surface area contributed by atoms with Crippen molar-refractivity contribution in [2.75, 3.05) is 0 Å². The molecule has 17 heavy (non-hydrogen) atoms. The largest absolute Gasteiger partial charge is 1.00 e. The van der Waals surface area contributed by atoms with Gasteiger partial charge >= 0.3 is 63.7 Å². The maximum Gasteiger partial charge on any atom is 1.00 e. The Bertz CT molecular complexity index is 283. The van der Waals surface area contributed by atoms with Crippen molar-refractivity contribution in [1.82, 2.24) is 0 Å². The second kappa shape index (κ2) is 8.36. The van der Waals surface area contributed by atoms with E-state index < -0.39 is 18.8 Å². The number of phenolic OH excluding ortho intramolecular Hbond substituents is 1. The van der Waals surface area contributed by atoms with Crippen LogP contribution in [0.1, 0.15) is 6.42 Å². The fourth-order valence-electron chi connectivity index (χ4n) is 0.605. The molecule has 0 saturated carbocycles. The van der Waals surface area contributed by atoms with Crippen LogP contribution >= 0.6 is 0 Å². The van der Waals surface area contributed by atoms with Crippen LogP contribution in [0.15, 0.2) is 24.3 Å². The molecule has 0 heterocycles. The number of alkyl halides is 6. The van der Waals surface area contributed by atoms with Gasteiger partial charge in [0.2, 0.25) is 0 Å². The zero-order chi connectivity index (χ0) is 12.8. The van der Waals surface area contributed by atoms with Crippen LogP contribution in [-0.2, 0) is 0 Å². The van der Waals surface area contributed by atoms with Crippen molar-refractivity contribution < 1.29 is 82.8 Å². The quantitative estimate of drug-likeness (QED) is 0.422. The summed E-state index contributed by atoms with van der Waals surface area (Å²) in [4.78, 5) is 0. The van der Waals surface area contributed by atoms with Gasteiger partial charge < -0.3 is 5.11 Å². The molecule has 0 unspecified atom stereocenters. The van der Waals surface area contributed by atoms with E-state index in [9.17, 15) is 26.3 Å². The molecule has 1 aromatic rings. The molecule has 0 spiro atoms. The number of hydrogen-bond donors (Lipinski definition) is 1. The Balaban J connectivity index is 0. The molecular weight excluding hydrogens is 277 g/mol. The SMILES string of the molecule is FC(F)(F)CC(F)(F)F.Oc1cc[c-]cc1.[K+]. The van der Waals surface area contributed by atoms with Crippen molar-refractivity contribution in [3.8, 4) is 5.75 Å². The van der Waals surface area contributed by atoms with Crippen molar-refractivity contribution in [3.05, 3.63) is 30.3 Å². The molecule has 8 heteroatoms. The topological polar surface area (TPSA) is 20.2 Å². The van der Waals surface area contributed by atoms with Gasteiger partial charge in [0, 0.05) is 5.75 Å². The summed E-state index contributed by atoms with van der Waals surface area (Å²) < 4.78 is 65.0. The first-order chi connectivity index (χ1) is 7.10. The normalized spacial score (nSPS) is 10.9. The first kappa shape index (κ1) is 19.6. The fraction of sp³-hybridized carbons (Fsp3) is 0.333. The van der Waals surface area contributed by atoms with Crippen LogP contribution in [0.25, 0.3) is 0 Å². The number of aromatic hydroxyl groups is 1. The summed E-state index contributed by atoms with van der Waals surface area (Å²) in [5.41, 5.74) is 0. The molecule has 0 aliphatic carbocycles. The fourth-order valence-corrected chi connectivity index (χ4v) is 0.605. The van der Waals surface area contributed by atoms with Crippen molar-refractivity contribution in [2.24, 2.45) is 0 Å². The van der Waals surface area contributed by atoms with Gasteiger partial charge in [-0.05, 0) is 0 Å². The van der Waals surface area contributed by atoms with E-state index in [1.54, 1.807) is 24.3 Å². The molecule has 0 atom stereocenters. The van der Waals surface area contributed by atoms with Gasteiger partial charge in [-0.3, -0.25) is 0 Å². The Morgan fingerprint density at radius 3 is 1.41 bits per heavy atom. The summed E-state index contributed by atoms with van der Waals surface area (Å²) >= 11 is 0. The van der Waals surface area contributed by atoms with Crippen LogP contribution in [0.3, 0.4) is 0 Å². The summed E-state index contributed by atoms with van der Waals surface area (Å²) in [7, 11) is 0. The van der Waals surface area contributed by atoms with E-state index in [1.165, 1.54) is 0 Å². The van der Waals surface area contributed by atoms with Crippen molar-refractivity contribution in [2.45, 2.75) is 18.8 Å². The van der Waals surface area contributed by atoms with E-state index in [-0.39, 0.29) is 51.4 Å². The van der Waals surface area contributed by atoms with E-state index in [0.717, 1.165) is 0 Å². The molecule has 0 amide bonds. The first-order valence-corrected chi connectivity index (χ1v) is 3.89. The first-order valence-electron chi connectivity index (χ1n) is 3.89. The van der Waals surface area contributed by atoms with Crippen molar-refractivity contribution >= 4 is 0 Å². The Kier molecular flexibility index (Phi) is 9.62. The van der Waals surface area contributed by atoms with Gasteiger partial charge in [0.05, 0.1) is 0 Å². The third-order valence-corrected chi connectivity index (χ3v) is 1.10. The van der Waals surface area contributed by atoms with Crippen molar-refractivity contribution in [3.63, 3.8) is 0 Å². The average molecular weight is 284 g/mol. The predicted octanol–water partition coefficient (Wildman–Crippen LogP) is 0.697. The summed E-state index contributed by atoms with van der Waals surface area (Å²) in [5.74, 6) is 0.291. The van der Waals surface area contributed by atoms with Gasteiger partial charge in [0.1, 0.15) is 6.42 Å². The van der Waals surface area contributed by atoms with Gasteiger partial charge in [-0.2, -0.15) is 44.5 Å². The Labute approximate surface area is 136 Å². The van der Waals surface area contributed by atoms with E-state index in [1.807, 2.05) is 0 Å². The Hall–Kier alpha value is 0.236. The van der Waals surface area contributed by atoms with Crippen molar-refractivity contribution in [1.29, 1.82) is 0 Å². The van der Waals surface area contributed by atoms with Gasteiger partial charge in [-0.1, -0.05) is 0 Å². The van der Waals surface area contributed by atoms with Gasteiger partial charge in [0.15, 0.2) is 0 Å². The van der Waals surface area contributed by atoms with Gasteiger partial charge in [-0.15, -0.1) is 12.1 Å². The van der Waals surface area contributed by atoms with E-state index in [4.69, 9.17) is 5.11 Å². The molecular formula is C9H7F6KO. The van der Waals surface area contributed by atoms with E-state index in [2.05, 4.69) is 6.07 Å². The number of hydrogen-bond acceptors (Lipinski definition) is 1. The minimum absolute atomic E-state index is 0. The smallest absolute Gasteiger partial charge is 0.533 e. The minimum Gasteiger partial charge on any atom is -0.533 e. The Morgan fingerprint density at radius 2 is 1.29 bits per heavy atom. The molecule has 0 aliphatic heterocycles. The van der Waals surface area contributed by atoms with Gasteiger partial charge in [-0.25, -0.2) is 0 Å². The van der Waals surface area contributed by atoms with E-state index >= 15 is 0 Å². The third kappa shape index (κ3) is 16.2. The molecule has 0 radical (unpaired) electrons. The number of rotatable bonds is 0. The maximum atomic E-state index is 10.8. The number of phenols is 1. The molecule has 0 fully saturated rings. The number of halogens is 6. The molecule has 0 aliphatic rings. The zero-order valence-corrected chi connectivity index (χ0v) is 11.9. The molecule has 1 rings (SSSR count). The second-order valence-electron chi connectivity index (χ2n) is 2.67. The van der Waals surface area contributed by atoms with Crippen LogP contribution < -0.4 is 51.4 Å². The van der Waals surface area contributed by atoms with Crippen LogP contribution in [0.2, 0.25) is 0 Å². The minimum atomic E-state index is -5.14. The van der Waals surface area contributed by atoms with Crippen LogP contribution in [0, 0.1) is 6.07 Å². The van der Waals surface area contributed by atoms with Gasteiger partial charge in [0.25, 0.3) is 0 Å². The maximum absolute atomic E-state index is 10.8. The van der Waals surface area contributed by atoms with Crippen LogP contribution in [-0.4, -0.2) is 17.5 Å². The molecule has 92 valence electrons. The summed E-state index contributed by atoms with van der Waals surface area (Å²) in [5, 5.41) is 8.61. The Morgan fingerprint density at radius 1 is 0.941 bits per heavy atom. The standard InChI is InChI=1S/C6H5O.C3H2F6.K/c7-6-4-2-1-3-5-6;4-2(5,6)1-3(7,8)9;/h2-5,7H;1H2;/q-1;;+1. The molecule has 1 N–H and O–H groups in total. The molecule has 1 aromatic carbocycles. The summed E-state index contributed by atoms with van der Waals surface area (Å²) in [6.07, 6.45) is -13.0. The zero-order valence-electron chi connectivity index (χ0n) is 8.73. The molecule has 1 nitrogen and oxygen atoms in total. The molecule has 0 saturated heterocycles. The van der Waals surface area contributed by atoms with Crippen LogP contribution in [0.4, 0.5) is 26.3 Å². The predicted molar refractivity (Wildman–Crippen MR) is 43.7 cm³/mol. The third-order valence-electron chi connectivity index (χ3n) is 1.10. The van der Waals surface area contributed by atoms with E-state index in [0.29, 0.717) is 5.75 Å². The van der Waals surface area contributed by atoms with Crippen LogP contribution in [0.5, 0.6) is 5.75 Å². The number of benzene rings is 1. The molecule has 0 aromatic heterocycles. The monoisotopic (exact) mass is 284 g/mol. The summed E-state index contributed by atoms with van der Waals surface area (Å²) in [6.45, 7) is 0.